The molecule has 2 aromatic carbocycles. The summed E-state index contributed by atoms with van der Waals surface area (Å²) in [5.74, 6) is -0.0890. The molecule has 106 valence electrons. The first-order valence-corrected chi connectivity index (χ1v) is 7.02. The number of anilines is 1. The molecule has 5 nitrogen and oxygen atoms in total. The molecule has 0 aliphatic rings. The number of nitrogens with zero attached hydrogens (tertiary/aromatic N) is 4. The maximum absolute atomic E-state index is 13.5. The fraction of sp³-hybridized carbons (Fsp3) is 0. The van der Waals surface area contributed by atoms with Crippen LogP contribution in [-0.4, -0.2) is 20.2 Å². The van der Waals surface area contributed by atoms with Crippen molar-refractivity contribution in [3.05, 3.63) is 51.7 Å². The van der Waals surface area contributed by atoms with Gasteiger partial charge >= 0.3 is 0 Å². The molecule has 0 unspecified atom stereocenters. The van der Waals surface area contributed by atoms with Crippen LogP contribution in [0.3, 0.4) is 0 Å². The molecule has 3 rings (SSSR count). The Labute approximate surface area is 132 Å². The monoisotopic (exact) mass is 367 g/mol. The van der Waals surface area contributed by atoms with E-state index in [2.05, 4.69) is 31.5 Å². The van der Waals surface area contributed by atoms with E-state index in [9.17, 15) is 4.39 Å². The number of halogens is 3. The predicted octanol–water partition coefficient (Wildman–Crippen LogP) is 3.47. The minimum atomic E-state index is -0.454. The highest BCUT2D eigenvalue weighted by Crippen LogP contribution is 2.31. The summed E-state index contributed by atoms with van der Waals surface area (Å²) >= 11 is 9.46. The van der Waals surface area contributed by atoms with Gasteiger partial charge in [-0.15, -0.1) is 5.10 Å². The zero-order valence-electron chi connectivity index (χ0n) is 10.5. The molecular weight excluding hydrogens is 361 g/mol. The second kappa shape index (κ2) is 5.42. The Balaban J connectivity index is 2.19. The molecule has 1 heterocycles. The van der Waals surface area contributed by atoms with Gasteiger partial charge in [-0.05, 0) is 56.7 Å². The van der Waals surface area contributed by atoms with Crippen LogP contribution in [0.1, 0.15) is 0 Å². The van der Waals surface area contributed by atoms with Crippen molar-refractivity contribution in [2.24, 2.45) is 0 Å². The van der Waals surface area contributed by atoms with Crippen molar-refractivity contribution in [3.63, 3.8) is 0 Å². The molecule has 21 heavy (non-hydrogen) atoms. The van der Waals surface area contributed by atoms with Gasteiger partial charge in [0.25, 0.3) is 0 Å². The number of rotatable bonds is 2. The Hall–Kier alpha value is -1.99. The maximum Gasteiger partial charge on any atom is 0.187 e. The molecule has 8 heteroatoms. The van der Waals surface area contributed by atoms with Crippen LogP contribution in [0, 0.1) is 5.82 Å². The molecule has 0 fully saturated rings. The molecule has 0 bridgehead atoms. The van der Waals surface area contributed by atoms with E-state index in [1.54, 1.807) is 24.3 Å². The average Bonchev–Trinajstić information content (AvgIpc) is 2.90. The van der Waals surface area contributed by atoms with E-state index < -0.39 is 5.82 Å². The standard InChI is InChI=1S/C13H8BrClFN5/c14-12-10(15)2-1-3-11(12)21-13(18-19-20-21)7-4-8(16)6-9(17)5-7/h1-6H,17H2. The van der Waals surface area contributed by atoms with Crippen molar-refractivity contribution in [2.75, 3.05) is 5.73 Å². The summed E-state index contributed by atoms with van der Waals surface area (Å²) in [6.07, 6.45) is 0. The second-order valence-corrected chi connectivity index (χ2v) is 5.46. The third kappa shape index (κ3) is 2.62. The van der Waals surface area contributed by atoms with Crippen LogP contribution in [0.25, 0.3) is 17.1 Å². The van der Waals surface area contributed by atoms with Crippen LogP contribution in [0.15, 0.2) is 40.9 Å². The number of tetrazole rings is 1. The minimum absolute atomic E-state index is 0.296. The fourth-order valence-corrected chi connectivity index (χ4v) is 2.53. The van der Waals surface area contributed by atoms with E-state index in [1.807, 2.05) is 0 Å². The van der Waals surface area contributed by atoms with Crippen LogP contribution in [-0.2, 0) is 0 Å². The molecule has 2 N–H and O–H groups in total. The first-order valence-electron chi connectivity index (χ1n) is 5.85. The van der Waals surface area contributed by atoms with Crippen molar-refractivity contribution >= 4 is 33.2 Å². The molecule has 0 aliphatic carbocycles. The quantitative estimate of drug-likeness (QED) is 0.703. The summed E-state index contributed by atoms with van der Waals surface area (Å²) in [5, 5.41) is 12.0. The Kier molecular flexibility index (Phi) is 3.60. The van der Waals surface area contributed by atoms with Crippen LogP contribution < -0.4 is 5.73 Å². The van der Waals surface area contributed by atoms with Crippen molar-refractivity contribution in [3.8, 4) is 17.1 Å². The van der Waals surface area contributed by atoms with Crippen LogP contribution in [0.2, 0.25) is 5.02 Å². The molecular formula is C13H8BrClFN5. The van der Waals surface area contributed by atoms with Crippen molar-refractivity contribution < 1.29 is 4.39 Å². The van der Waals surface area contributed by atoms with Gasteiger partial charge in [-0.2, -0.15) is 4.68 Å². The third-order valence-corrected chi connectivity index (χ3v) is 4.18. The lowest BCUT2D eigenvalue weighted by atomic mass is 10.2. The van der Waals surface area contributed by atoms with E-state index in [0.717, 1.165) is 0 Å². The van der Waals surface area contributed by atoms with Crippen LogP contribution in [0.4, 0.5) is 10.1 Å². The lowest BCUT2D eigenvalue weighted by Crippen LogP contribution is -2.02. The highest BCUT2D eigenvalue weighted by atomic mass is 79.9. The number of aromatic nitrogens is 4. The molecule has 1 aromatic heterocycles. The largest absolute Gasteiger partial charge is 0.399 e. The molecule has 0 amide bonds. The van der Waals surface area contributed by atoms with Gasteiger partial charge in [-0.25, -0.2) is 4.39 Å². The summed E-state index contributed by atoms with van der Waals surface area (Å²) in [4.78, 5) is 0. The molecule has 3 aromatic rings. The number of hydrogen-bond donors (Lipinski definition) is 1. The number of nitrogen functional groups attached to an aromatic ring is 1. The van der Waals surface area contributed by atoms with E-state index in [1.165, 1.54) is 16.8 Å². The average molecular weight is 369 g/mol. The van der Waals surface area contributed by atoms with E-state index in [4.69, 9.17) is 17.3 Å². The molecule has 0 radical (unpaired) electrons. The van der Waals surface area contributed by atoms with Gasteiger partial charge in [0.05, 0.1) is 15.2 Å². The first-order chi connectivity index (χ1) is 10.1. The molecule has 0 saturated heterocycles. The van der Waals surface area contributed by atoms with E-state index >= 15 is 0 Å². The summed E-state index contributed by atoms with van der Waals surface area (Å²) in [6.45, 7) is 0. The number of hydrogen-bond acceptors (Lipinski definition) is 4. The Bertz CT molecular complexity index is 800. The molecule has 0 atom stereocenters. The third-order valence-electron chi connectivity index (χ3n) is 2.81. The van der Waals surface area contributed by atoms with E-state index in [-0.39, 0.29) is 0 Å². The Morgan fingerprint density at radius 2 is 2.05 bits per heavy atom. The molecule has 0 spiro atoms. The molecule has 0 aliphatic heterocycles. The highest BCUT2D eigenvalue weighted by Gasteiger charge is 2.15. The number of benzene rings is 2. The topological polar surface area (TPSA) is 69.6 Å². The van der Waals surface area contributed by atoms with Crippen molar-refractivity contribution in [1.29, 1.82) is 0 Å². The Morgan fingerprint density at radius 1 is 1.24 bits per heavy atom. The fourth-order valence-electron chi connectivity index (χ4n) is 1.93. The lowest BCUT2D eigenvalue weighted by Gasteiger charge is -2.08. The summed E-state index contributed by atoms with van der Waals surface area (Å²) in [5.41, 5.74) is 7.08. The first kappa shape index (κ1) is 14.0. The summed E-state index contributed by atoms with van der Waals surface area (Å²) in [6, 6.07) is 9.44. The predicted molar refractivity (Wildman–Crippen MR) is 81.7 cm³/mol. The minimum Gasteiger partial charge on any atom is -0.399 e. The smallest absolute Gasteiger partial charge is 0.187 e. The van der Waals surface area contributed by atoms with Gasteiger partial charge < -0.3 is 5.73 Å². The van der Waals surface area contributed by atoms with E-state index in [0.29, 0.717) is 32.3 Å². The summed E-state index contributed by atoms with van der Waals surface area (Å²) < 4.78 is 15.6. The van der Waals surface area contributed by atoms with Crippen LogP contribution >= 0.6 is 27.5 Å². The van der Waals surface area contributed by atoms with Gasteiger partial charge in [0, 0.05) is 11.3 Å². The van der Waals surface area contributed by atoms with Crippen molar-refractivity contribution in [1.82, 2.24) is 20.2 Å². The Morgan fingerprint density at radius 3 is 2.81 bits per heavy atom. The second-order valence-electron chi connectivity index (χ2n) is 4.26. The van der Waals surface area contributed by atoms with Crippen molar-refractivity contribution in [2.45, 2.75) is 0 Å². The zero-order valence-corrected chi connectivity index (χ0v) is 12.8. The van der Waals surface area contributed by atoms with Gasteiger partial charge in [0.1, 0.15) is 5.82 Å². The van der Waals surface area contributed by atoms with Gasteiger partial charge in [0.2, 0.25) is 0 Å². The van der Waals surface area contributed by atoms with Crippen LogP contribution in [0.5, 0.6) is 0 Å². The highest BCUT2D eigenvalue weighted by molar-refractivity contribution is 9.10. The maximum atomic E-state index is 13.5. The van der Waals surface area contributed by atoms with Gasteiger partial charge in [-0.1, -0.05) is 17.7 Å². The summed E-state index contributed by atoms with van der Waals surface area (Å²) in [7, 11) is 0. The van der Waals surface area contributed by atoms with Gasteiger partial charge in [-0.3, -0.25) is 0 Å². The number of nitrogens with two attached hydrogens (primary N) is 1. The SMILES string of the molecule is Nc1cc(F)cc(-c2nnnn2-c2cccc(Cl)c2Br)c1. The van der Waals surface area contributed by atoms with Gasteiger partial charge in [0.15, 0.2) is 5.82 Å². The lowest BCUT2D eigenvalue weighted by molar-refractivity contribution is 0.628. The molecule has 0 saturated carbocycles. The zero-order chi connectivity index (χ0) is 15.0. The normalized spacial score (nSPS) is 10.8.